The van der Waals surface area contributed by atoms with E-state index in [4.69, 9.17) is 11.6 Å². The molecule has 0 aliphatic carbocycles. The monoisotopic (exact) mass is 316 g/mol. The molecule has 0 heterocycles. The van der Waals surface area contributed by atoms with Crippen LogP contribution in [0.4, 0.5) is 5.69 Å². The van der Waals surface area contributed by atoms with Gasteiger partial charge in [-0.15, -0.1) is 0 Å². The molecule has 0 saturated heterocycles. The van der Waals surface area contributed by atoms with E-state index in [1.807, 2.05) is 31.2 Å². The summed E-state index contributed by atoms with van der Waals surface area (Å²) in [6.45, 7) is 2.43. The molecule has 2 rings (SSSR count). The Hall–Kier alpha value is -2.33. The number of amides is 2. The van der Waals surface area contributed by atoms with Gasteiger partial charge in [-0.3, -0.25) is 9.59 Å². The van der Waals surface area contributed by atoms with Gasteiger partial charge < -0.3 is 10.6 Å². The minimum atomic E-state index is -0.689. The molecule has 114 valence electrons. The summed E-state index contributed by atoms with van der Waals surface area (Å²) in [6.07, 6.45) is 0.681. The first-order valence-electron chi connectivity index (χ1n) is 6.95. The lowest BCUT2D eigenvalue weighted by Crippen LogP contribution is -2.36. The molecular weight excluding hydrogens is 300 g/mol. The second-order valence-corrected chi connectivity index (χ2v) is 5.39. The van der Waals surface area contributed by atoms with Crippen LogP contribution in [-0.2, 0) is 16.0 Å². The number of aryl methyl sites for hydroxylation is 1. The minimum absolute atomic E-state index is 0.413. The van der Waals surface area contributed by atoms with Gasteiger partial charge in [-0.05, 0) is 43.2 Å². The number of anilines is 1. The van der Waals surface area contributed by atoms with E-state index in [2.05, 4.69) is 10.6 Å². The van der Waals surface area contributed by atoms with Crippen LogP contribution >= 0.6 is 11.6 Å². The van der Waals surface area contributed by atoms with Crippen LogP contribution in [0.5, 0.6) is 0 Å². The average molecular weight is 317 g/mol. The van der Waals surface area contributed by atoms with Crippen LogP contribution in [0, 0.1) is 6.92 Å². The molecule has 0 atom stereocenters. The predicted molar refractivity (Wildman–Crippen MR) is 88.0 cm³/mol. The third kappa shape index (κ3) is 4.90. The number of halogens is 1. The third-order valence-electron chi connectivity index (χ3n) is 3.13. The summed E-state index contributed by atoms with van der Waals surface area (Å²) in [4.78, 5) is 23.4. The first kappa shape index (κ1) is 16.0. The quantitative estimate of drug-likeness (QED) is 0.852. The summed E-state index contributed by atoms with van der Waals surface area (Å²) in [7, 11) is 0. The van der Waals surface area contributed by atoms with Crippen molar-refractivity contribution in [2.45, 2.75) is 13.3 Å². The second kappa shape index (κ2) is 7.61. The maximum absolute atomic E-state index is 11.7. The SMILES string of the molecule is Cc1ccc(CCNC(=O)C(=O)Nc2ccc(Cl)cc2)cc1. The lowest BCUT2D eigenvalue weighted by molar-refractivity contribution is -0.136. The predicted octanol–water partition coefficient (Wildman–Crippen LogP) is 2.95. The Balaban J connectivity index is 1.77. The average Bonchev–Trinajstić information content (AvgIpc) is 2.51. The van der Waals surface area contributed by atoms with Crippen LogP contribution in [0.1, 0.15) is 11.1 Å². The smallest absolute Gasteiger partial charge is 0.313 e. The summed E-state index contributed by atoms with van der Waals surface area (Å²) >= 11 is 5.76. The van der Waals surface area contributed by atoms with E-state index in [9.17, 15) is 9.59 Å². The normalized spacial score (nSPS) is 10.1. The van der Waals surface area contributed by atoms with Gasteiger partial charge in [-0.2, -0.15) is 0 Å². The number of nitrogens with one attached hydrogen (secondary N) is 2. The number of hydrogen-bond acceptors (Lipinski definition) is 2. The standard InChI is InChI=1S/C17H17ClN2O2/c1-12-2-4-13(5-3-12)10-11-19-16(21)17(22)20-15-8-6-14(18)7-9-15/h2-9H,10-11H2,1H3,(H,19,21)(H,20,22). The molecule has 0 fully saturated rings. The molecule has 2 amide bonds. The van der Waals surface area contributed by atoms with Crippen molar-refractivity contribution < 1.29 is 9.59 Å². The zero-order chi connectivity index (χ0) is 15.9. The molecule has 5 heteroatoms. The van der Waals surface area contributed by atoms with Crippen LogP contribution in [0.2, 0.25) is 5.02 Å². The van der Waals surface area contributed by atoms with Gasteiger partial charge >= 0.3 is 11.8 Å². The van der Waals surface area contributed by atoms with Gasteiger partial charge in [0.25, 0.3) is 0 Å². The Labute approximate surface area is 134 Å². The summed E-state index contributed by atoms with van der Waals surface area (Å²) in [5, 5.41) is 5.69. The van der Waals surface area contributed by atoms with Crippen LogP contribution in [-0.4, -0.2) is 18.4 Å². The zero-order valence-corrected chi connectivity index (χ0v) is 13.0. The molecule has 4 nitrogen and oxygen atoms in total. The first-order chi connectivity index (χ1) is 10.5. The molecule has 0 saturated carbocycles. The van der Waals surface area contributed by atoms with Crippen LogP contribution < -0.4 is 10.6 Å². The molecule has 0 unspecified atom stereocenters. The zero-order valence-electron chi connectivity index (χ0n) is 12.2. The molecule has 22 heavy (non-hydrogen) atoms. The molecule has 0 radical (unpaired) electrons. The highest BCUT2D eigenvalue weighted by atomic mass is 35.5. The molecule has 0 spiro atoms. The minimum Gasteiger partial charge on any atom is -0.347 e. The maximum Gasteiger partial charge on any atom is 0.313 e. The molecule has 0 aliphatic heterocycles. The number of carbonyl (C=O) groups is 2. The van der Waals surface area contributed by atoms with Gasteiger partial charge in [0.15, 0.2) is 0 Å². The summed E-state index contributed by atoms with van der Waals surface area (Å²) in [5.74, 6) is -1.34. The van der Waals surface area contributed by atoms with Crippen molar-refractivity contribution >= 4 is 29.1 Å². The highest BCUT2D eigenvalue weighted by Gasteiger charge is 2.12. The van der Waals surface area contributed by atoms with Gasteiger partial charge in [0.2, 0.25) is 0 Å². The van der Waals surface area contributed by atoms with Crippen molar-refractivity contribution in [2.24, 2.45) is 0 Å². The lowest BCUT2D eigenvalue weighted by Gasteiger charge is -2.07. The van der Waals surface area contributed by atoms with E-state index >= 15 is 0 Å². The molecule has 2 N–H and O–H groups in total. The van der Waals surface area contributed by atoms with Crippen molar-refractivity contribution in [3.05, 3.63) is 64.7 Å². The van der Waals surface area contributed by atoms with Crippen LogP contribution in [0.15, 0.2) is 48.5 Å². The maximum atomic E-state index is 11.7. The fraction of sp³-hybridized carbons (Fsp3) is 0.176. The first-order valence-corrected chi connectivity index (χ1v) is 7.33. The summed E-state index contributed by atoms with van der Waals surface area (Å²) in [6, 6.07) is 14.6. The number of rotatable bonds is 4. The topological polar surface area (TPSA) is 58.2 Å². The second-order valence-electron chi connectivity index (χ2n) is 4.95. The van der Waals surface area contributed by atoms with Gasteiger partial charge in [0, 0.05) is 17.3 Å². The summed E-state index contributed by atoms with van der Waals surface area (Å²) in [5.41, 5.74) is 2.84. The Bertz CT molecular complexity index is 651. The molecule has 2 aromatic rings. The Morgan fingerprint density at radius 1 is 0.955 bits per heavy atom. The lowest BCUT2D eigenvalue weighted by atomic mass is 10.1. The number of hydrogen-bond donors (Lipinski definition) is 2. The molecule has 0 bridgehead atoms. The van der Waals surface area contributed by atoms with E-state index in [0.717, 1.165) is 5.56 Å². The van der Waals surface area contributed by atoms with Crippen molar-refractivity contribution in [1.82, 2.24) is 5.32 Å². The van der Waals surface area contributed by atoms with E-state index in [-0.39, 0.29) is 0 Å². The van der Waals surface area contributed by atoms with Crippen LogP contribution in [0.25, 0.3) is 0 Å². The Morgan fingerprint density at radius 2 is 1.59 bits per heavy atom. The summed E-state index contributed by atoms with van der Waals surface area (Å²) < 4.78 is 0. The molecule has 0 aliphatic rings. The largest absolute Gasteiger partial charge is 0.347 e. The van der Waals surface area contributed by atoms with E-state index in [0.29, 0.717) is 23.7 Å². The molecular formula is C17H17ClN2O2. The van der Waals surface area contributed by atoms with Crippen molar-refractivity contribution in [3.63, 3.8) is 0 Å². The fourth-order valence-corrected chi connectivity index (χ4v) is 2.00. The third-order valence-corrected chi connectivity index (χ3v) is 3.38. The Morgan fingerprint density at radius 3 is 2.23 bits per heavy atom. The highest BCUT2D eigenvalue weighted by molar-refractivity contribution is 6.39. The van der Waals surface area contributed by atoms with Gasteiger partial charge in [0.1, 0.15) is 0 Å². The highest BCUT2D eigenvalue weighted by Crippen LogP contribution is 2.13. The molecule has 2 aromatic carbocycles. The van der Waals surface area contributed by atoms with Gasteiger partial charge in [0.05, 0.1) is 0 Å². The van der Waals surface area contributed by atoms with Crippen molar-refractivity contribution in [2.75, 3.05) is 11.9 Å². The van der Waals surface area contributed by atoms with E-state index in [1.54, 1.807) is 24.3 Å². The van der Waals surface area contributed by atoms with Crippen molar-refractivity contribution in [1.29, 1.82) is 0 Å². The van der Waals surface area contributed by atoms with E-state index < -0.39 is 11.8 Å². The van der Waals surface area contributed by atoms with Crippen LogP contribution in [0.3, 0.4) is 0 Å². The number of carbonyl (C=O) groups excluding carboxylic acids is 2. The van der Waals surface area contributed by atoms with E-state index in [1.165, 1.54) is 5.56 Å². The molecule has 0 aromatic heterocycles. The van der Waals surface area contributed by atoms with Gasteiger partial charge in [-0.1, -0.05) is 41.4 Å². The Kier molecular flexibility index (Phi) is 5.55. The number of benzene rings is 2. The van der Waals surface area contributed by atoms with Crippen molar-refractivity contribution in [3.8, 4) is 0 Å². The fourth-order valence-electron chi connectivity index (χ4n) is 1.88. The van der Waals surface area contributed by atoms with Gasteiger partial charge in [-0.25, -0.2) is 0 Å².